The molecule has 6 nitrogen and oxygen atoms in total. The molecule has 0 saturated heterocycles. The number of nitrogens with one attached hydrogen (secondary N) is 2. The van der Waals surface area contributed by atoms with E-state index >= 15 is 0 Å². The van der Waals surface area contributed by atoms with Gasteiger partial charge in [-0.25, -0.2) is 9.97 Å². The van der Waals surface area contributed by atoms with Crippen LogP contribution in [0, 0.1) is 6.92 Å². The molecule has 0 aliphatic carbocycles. The standard InChI is InChI=1S/C13H24N4O2/c1-5-11-16-12(14-3)10(2)13(17-11)15-6-7-19-9-8-18-4/h5-9H2,1-4H3,(H2,14,15,16,17). The lowest BCUT2D eigenvalue weighted by atomic mass is 10.3. The quantitative estimate of drug-likeness (QED) is 0.661. The van der Waals surface area contributed by atoms with Crippen molar-refractivity contribution in [2.45, 2.75) is 20.3 Å². The molecule has 0 radical (unpaired) electrons. The number of hydrogen-bond acceptors (Lipinski definition) is 6. The van der Waals surface area contributed by atoms with Gasteiger partial charge in [-0.05, 0) is 6.92 Å². The molecule has 19 heavy (non-hydrogen) atoms. The van der Waals surface area contributed by atoms with Gasteiger partial charge in [0.25, 0.3) is 0 Å². The van der Waals surface area contributed by atoms with E-state index < -0.39 is 0 Å². The fourth-order valence-corrected chi connectivity index (χ4v) is 1.62. The van der Waals surface area contributed by atoms with E-state index in [4.69, 9.17) is 9.47 Å². The van der Waals surface area contributed by atoms with Gasteiger partial charge in [-0.2, -0.15) is 0 Å². The Bertz CT molecular complexity index is 385. The molecule has 1 aromatic rings. The molecule has 0 amide bonds. The molecule has 6 heteroatoms. The van der Waals surface area contributed by atoms with E-state index in [0.717, 1.165) is 29.4 Å². The Kier molecular flexibility index (Phi) is 7.14. The predicted octanol–water partition coefficient (Wildman–Crippen LogP) is 1.46. The number of aryl methyl sites for hydroxylation is 1. The maximum absolute atomic E-state index is 5.40. The van der Waals surface area contributed by atoms with Gasteiger partial charge in [0.2, 0.25) is 0 Å². The smallest absolute Gasteiger partial charge is 0.134 e. The van der Waals surface area contributed by atoms with Crippen LogP contribution < -0.4 is 10.6 Å². The molecule has 1 rings (SSSR count). The predicted molar refractivity (Wildman–Crippen MR) is 76.9 cm³/mol. The highest BCUT2D eigenvalue weighted by Crippen LogP contribution is 2.19. The third kappa shape index (κ3) is 5.00. The van der Waals surface area contributed by atoms with Crippen LogP contribution in [0.3, 0.4) is 0 Å². The molecular weight excluding hydrogens is 244 g/mol. The second kappa shape index (κ2) is 8.66. The highest BCUT2D eigenvalue weighted by atomic mass is 16.5. The van der Waals surface area contributed by atoms with Crippen molar-refractivity contribution >= 4 is 11.6 Å². The van der Waals surface area contributed by atoms with Gasteiger partial charge in [0, 0.05) is 32.7 Å². The van der Waals surface area contributed by atoms with Gasteiger partial charge in [0.05, 0.1) is 19.8 Å². The minimum absolute atomic E-state index is 0.614. The van der Waals surface area contributed by atoms with Gasteiger partial charge in [-0.3, -0.25) is 0 Å². The summed E-state index contributed by atoms with van der Waals surface area (Å²) in [5.41, 5.74) is 1.02. The fourth-order valence-electron chi connectivity index (χ4n) is 1.62. The van der Waals surface area contributed by atoms with E-state index in [1.54, 1.807) is 7.11 Å². The van der Waals surface area contributed by atoms with Gasteiger partial charge in [0.15, 0.2) is 0 Å². The van der Waals surface area contributed by atoms with E-state index in [1.807, 2.05) is 20.9 Å². The normalized spacial score (nSPS) is 10.5. The average Bonchev–Trinajstić information content (AvgIpc) is 2.44. The molecular formula is C13H24N4O2. The summed E-state index contributed by atoms with van der Waals surface area (Å²) in [6, 6.07) is 0. The largest absolute Gasteiger partial charge is 0.382 e. The number of hydrogen-bond donors (Lipinski definition) is 2. The average molecular weight is 268 g/mol. The van der Waals surface area contributed by atoms with Crippen LogP contribution in [-0.2, 0) is 15.9 Å². The topological polar surface area (TPSA) is 68.3 Å². The Hall–Kier alpha value is -1.40. The number of methoxy groups -OCH3 is 1. The molecule has 0 spiro atoms. The van der Waals surface area contributed by atoms with Crippen LogP contribution >= 0.6 is 0 Å². The molecule has 0 aliphatic heterocycles. The van der Waals surface area contributed by atoms with Crippen molar-refractivity contribution < 1.29 is 9.47 Å². The Balaban J connectivity index is 2.52. The van der Waals surface area contributed by atoms with E-state index in [9.17, 15) is 0 Å². The van der Waals surface area contributed by atoms with Gasteiger partial charge >= 0.3 is 0 Å². The lowest BCUT2D eigenvalue weighted by Gasteiger charge is -2.13. The van der Waals surface area contributed by atoms with Crippen molar-refractivity contribution in [3.05, 3.63) is 11.4 Å². The molecule has 0 saturated carbocycles. The van der Waals surface area contributed by atoms with Crippen LogP contribution in [0.5, 0.6) is 0 Å². The lowest BCUT2D eigenvalue weighted by molar-refractivity contribution is 0.0759. The third-order valence-electron chi connectivity index (χ3n) is 2.72. The Morgan fingerprint density at radius 2 is 1.84 bits per heavy atom. The van der Waals surface area contributed by atoms with Crippen molar-refractivity contribution in [1.29, 1.82) is 0 Å². The number of aromatic nitrogens is 2. The Morgan fingerprint density at radius 3 is 2.47 bits per heavy atom. The second-order valence-electron chi connectivity index (χ2n) is 4.10. The molecule has 0 unspecified atom stereocenters. The van der Waals surface area contributed by atoms with Crippen molar-refractivity contribution in [3.63, 3.8) is 0 Å². The zero-order valence-corrected chi connectivity index (χ0v) is 12.2. The highest BCUT2D eigenvalue weighted by Gasteiger charge is 2.08. The van der Waals surface area contributed by atoms with Gasteiger partial charge < -0.3 is 20.1 Å². The summed E-state index contributed by atoms with van der Waals surface area (Å²) in [7, 11) is 3.53. The number of anilines is 2. The van der Waals surface area contributed by atoms with Crippen molar-refractivity contribution in [1.82, 2.24) is 9.97 Å². The summed E-state index contributed by atoms with van der Waals surface area (Å²) in [4.78, 5) is 8.92. The van der Waals surface area contributed by atoms with Crippen molar-refractivity contribution in [2.75, 3.05) is 51.2 Å². The molecule has 0 atom stereocenters. The fraction of sp³-hybridized carbons (Fsp3) is 0.692. The van der Waals surface area contributed by atoms with Gasteiger partial charge in [-0.15, -0.1) is 0 Å². The monoisotopic (exact) mass is 268 g/mol. The summed E-state index contributed by atoms with van der Waals surface area (Å²) in [6.45, 7) is 6.62. The first-order chi connectivity index (χ1) is 9.22. The molecule has 0 aromatic carbocycles. The van der Waals surface area contributed by atoms with Crippen LogP contribution in [-0.4, -0.2) is 50.5 Å². The highest BCUT2D eigenvalue weighted by molar-refractivity contribution is 5.56. The molecule has 2 N–H and O–H groups in total. The minimum atomic E-state index is 0.614. The SMILES string of the molecule is CCc1nc(NC)c(C)c(NCCOCCOC)n1. The number of nitrogens with zero attached hydrogens (tertiary/aromatic N) is 2. The van der Waals surface area contributed by atoms with E-state index in [0.29, 0.717) is 26.4 Å². The second-order valence-corrected chi connectivity index (χ2v) is 4.10. The molecule has 0 bridgehead atoms. The summed E-state index contributed by atoms with van der Waals surface area (Å²) in [6.07, 6.45) is 0.813. The molecule has 1 heterocycles. The summed E-state index contributed by atoms with van der Waals surface area (Å²) >= 11 is 0. The maximum Gasteiger partial charge on any atom is 0.134 e. The first-order valence-electron chi connectivity index (χ1n) is 6.58. The lowest BCUT2D eigenvalue weighted by Crippen LogP contribution is -2.15. The van der Waals surface area contributed by atoms with E-state index in [1.165, 1.54) is 0 Å². The first kappa shape index (κ1) is 15.7. The summed E-state index contributed by atoms with van der Waals surface area (Å²) < 4.78 is 10.3. The molecule has 108 valence electrons. The third-order valence-corrected chi connectivity index (χ3v) is 2.72. The Morgan fingerprint density at radius 1 is 1.11 bits per heavy atom. The summed E-state index contributed by atoms with van der Waals surface area (Å²) in [5, 5.41) is 6.37. The molecule has 1 aromatic heterocycles. The zero-order chi connectivity index (χ0) is 14.1. The number of ether oxygens (including phenoxy) is 2. The van der Waals surface area contributed by atoms with Crippen molar-refractivity contribution in [3.8, 4) is 0 Å². The van der Waals surface area contributed by atoms with Crippen LogP contribution in [0.4, 0.5) is 11.6 Å². The number of rotatable bonds is 9. The van der Waals surface area contributed by atoms with Gasteiger partial charge in [-0.1, -0.05) is 6.92 Å². The van der Waals surface area contributed by atoms with Gasteiger partial charge in [0.1, 0.15) is 17.5 Å². The summed E-state index contributed by atoms with van der Waals surface area (Å²) in [5.74, 6) is 2.57. The van der Waals surface area contributed by atoms with Crippen LogP contribution in [0.1, 0.15) is 18.3 Å². The zero-order valence-electron chi connectivity index (χ0n) is 12.2. The van der Waals surface area contributed by atoms with Crippen LogP contribution in [0.2, 0.25) is 0 Å². The maximum atomic E-state index is 5.40. The molecule has 0 fully saturated rings. The van der Waals surface area contributed by atoms with Crippen molar-refractivity contribution in [2.24, 2.45) is 0 Å². The Labute approximate surface area is 114 Å². The minimum Gasteiger partial charge on any atom is -0.382 e. The van der Waals surface area contributed by atoms with E-state index in [2.05, 4.69) is 20.6 Å². The van der Waals surface area contributed by atoms with E-state index in [-0.39, 0.29) is 0 Å². The first-order valence-corrected chi connectivity index (χ1v) is 6.58. The van der Waals surface area contributed by atoms with Crippen LogP contribution in [0.15, 0.2) is 0 Å². The van der Waals surface area contributed by atoms with Crippen LogP contribution in [0.25, 0.3) is 0 Å². The molecule has 0 aliphatic rings.